The highest BCUT2D eigenvalue weighted by atomic mass is 15.0. The normalized spacial score (nSPS) is 31.8. The molecule has 1 aliphatic carbocycles. The second-order valence-corrected chi connectivity index (χ2v) is 4.13. The van der Waals surface area contributed by atoms with Crippen LogP contribution in [0.3, 0.4) is 0 Å². The second-order valence-electron chi connectivity index (χ2n) is 4.13. The Kier molecular flexibility index (Phi) is 2.02. The average Bonchev–Trinajstić information content (AvgIpc) is 2.35. The quantitative estimate of drug-likeness (QED) is 0.609. The van der Waals surface area contributed by atoms with Gasteiger partial charge in [-0.2, -0.15) is 0 Å². The molecule has 0 aromatic rings. The fourth-order valence-electron chi connectivity index (χ4n) is 1.14. The SMILES string of the molecule is CC(N)CNC1CC1(C)C. The van der Waals surface area contributed by atoms with Crippen LogP contribution in [0.4, 0.5) is 0 Å². The maximum Gasteiger partial charge on any atom is 0.0136 e. The molecule has 1 fully saturated rings. The molecular formula is C8H18N2. The fourth-order valence-corrected chi connectivity index (χ4v) is 1.14. The highest BCUT2D eigenvalue weighted by molar-refractivity contribution is 5.01. The van der Waals surface area contributed by atoms with Crippen molar-refractivity contribution >= 4 is 0 Å². The van der Waals surface area contributed by atoms with Crippen LogP contribution in [0, 0.1) is 5.41 Å². The maximum atomic E-state index is 5.59. The number of hydrogen-bond acceptors (Lipinski definition) is 2. The van der Waals surface area contributed by atoms with Gasteiger partial charge >= 0.3 is 0 Å². The number of nitrogens with two attached hydrogens (primary N) is 1. The molecule has 0 aromatic heterocycles. The highest BCUT2D eigenvalue weighted by Gasteiger charge is 2.44. The molecule has 2 nitrogen and oxygen atoms in total. The van der Waals surface area contributed by atoms with Crippen molar-refractivity contribution in [2.24, 2.45) is 11.1 Å². The van der Waals surface area contributed by atoms with Crippen molar-refractivity contribution in [3.8, 4) is 0 Å². The Balaban J connectivity index is 2.07. The molecule has 0 saturated heterocycles. The number of rotatable bonds is 3. The van der Waals surface area contributed by atoms with Crippen LogP contribution >= 0.6 is 0 Å². The van der Waals surface area contributed by atoms with Gasteiger partial charge in [-0.05, 0) is 18.8 Å². The molecule has 2 atom stereocenters. The zero-order valence-electron chi connectivity index (χ0n) is 7.15. The Morgan fingerprint density at radius 2 is 2.20 bits per heavy atom. The molecule has 1 rings (SSSR count). The van der Waals surface area contributed by atoms with Crippen LogP contribution in [0.1, 0.15) is 27.2 Å². The van der Waals surface area contributed by atoms with E-state index in [0.29, 0.717) is 5.41 Å². The van der Waals surface area contributed by atoms with Crippen molar-refractivity contribution in [3.63, 3.8) is 0 Å². The van der Waals surface area contributed by atoms with Crippen LogP contribution in [-0.4, -0.2) is 18.6 Å². The molecule has 1 saturated carbocycles. The summed E-state index contributed by atoms with van der Waals surface area (Å²) in [7, 11) is 0. The summed E-state index contributed by atoms with van der Waals surface area (Å²) in [4.78, 5) is 0. The van der Waals surface area contributed by atoms with Crippen molar-refractivity contribution < 1.29 is 0 Å². The molecule has 10 heavy (non-hydrogen) atoms. The van der Waals surface area contributed by atoms with Crippen molar-refractivity contribution in [2.75, 3.05) is 6.54 Å². The smallest absolute Gasteiger partial charge is 0.0136 e. The van der Waals surface area contributed by atoms with E-state index in [2.05, 4.69) is 19.2 Å². The molecule has 0 spiro atoms. The zero-order chi connectivity index (χ0) is 7.78. The Labute approximate surface area is 63.2 Å². The van der Waals surface area contributed by atoms with E-state index in [1.807, 2.05) is 6.92 Å². The molecule has 0 aliphatic heterocycles. The second kappa shape index (κ2) is 2.51. The molecular weight excluding hydrogens is 124 g/mol. The summed E-state index contributed by atoms with van der Waals surface area (Å²) in [6, 6.07) is 1.01. The predicted molar refractivity (Wildman–Crippen MR) is 43.8 cm³/mol. The maximum absolute atomic E-state index is 5.59. The van der Waals surface area contributed by atoms with Crippen molar-refractivity contribution in [2.45, 2.75) is 39.3 Å². The van der Waals surface area contributed by atoms with Gasteiger partial charge in [-0.3, -0.25) is 0 Å². The van der Waals surface area contributed by atoms with E-state index in [0.717, 1.165) is 12.6 Å². The van der Waals surface area contributed by atoms with E-state index in [1.54, 1.807) is 0 Å². The van der Waals surface area contributed by atoms with Gasteiger partial charge < -0.3 is 11.1 Å². The summed E-state index contributed by atoms with van der Waals surface area (Å²) in [5.41, 5.74) is 6.13. The molecule has 3 N–H and O–H groups in total. The van der Waals surface area contributed by atoms with E-state index in [-0.39, 0.29) is 6.04 Å². The lowest BCUT2D eigenvalue weighted by atomic mass is 10.2. The van der Waals surface area contributed by atoms with Crippen LogP contribution < -0.4 is 11.1 Å². The third-order valence-corrected chi connectivity index (χ3v) is 2.20. The minimum atomic E-state index is 0.288. The summed E-state index contributed by atoms with van der Waals surface area (Å²) < 4.78 is 0. The third-order valence-electron chi connectivity index (χ3n) is 2.20. The number of nitrogens with one attached hydrogen (secondary N) is 1. The van der Waals surface area contributed by atoms with Gasteiger partial charge in [0.15, 0.2) is 0 Å². The van der Waals surface area contributed by atoms with Gasteiger partial charge in [0.2, 0.25) is 0 Å². The first-order valence-electron chi connectivity index (χ1n) is 4.01. The molecule has 0 aromatic carbocycles. The first kappa shape index (κ1) is 8.02. The lowest BCUT2D eigenvalue weighted by Gasteiger charge is -2.08. The predicted octanol–water partition coefficient (Wildman–Crippen LogP) is 0.722. The minimum Gasteiger partial charge on any atom is -0.327 e. The summed E-state index contributed by atoms with van der Waals surface area (Å²) in [6.07, 6.45) is 1.31. The van der Waals surface area contributed by atoms with Gasteiger partial charge in [0.1, 0.15) is 0 Å². The third kappa shape index (κ3) is 1.96. The van der Waals surface area contributed by atoms with Crippen molar-refractivity contribution in [3.05, 3.63) is 0 Å². The van der Waals surface area contributed by atoms with Gasteiger partial charge in [-0.1, -0.05) is 13.8 Å². The standard InChI is InChI=1S/C8H18N2/c1-6(9)5-10-7-4-8(7,2)3/h6-7,10H,4-5,9H2,1-3H3. The van der Waals surface area contributed by atoms with E-state index < -0.39 is 0 Å². The average molecular weight is 142 g/mol. The van der Waals surface area contributed by atoms with Crippen LogP contribution in [0.2, 0.25) is 0 Å². The lowest BCUT2D eigenvalue weighted by Crippen LogP contribution is -2.33. The monoisotopic (exact) mass is 142 g/mol. The molecule has 0 amide bonds. The van der Waals surface area contributed by atoms with Crippen LogP contribution in [0.5, 0.6) is 0 Å². The molecule has 0 radical (unpaired) electrons. The Morgan fingerprint density at radius 3 is 2.50 bits per heavy atom. The minimum absolute atomic E-state index is 0.288. The van der Waals surface area contributed by atoms with E-state index >= 15 is 0 Å². The number of hydrogen-bond donors (Lipinski definition) is 2. The largest absolute Gasteiger partial charge is 0.327 e. The Hall–Kier alpha value is -0.0800. The molecule has 0 bridgehead atoms. The fraction of sp³-hybridized carbons (Fsp3) is 1.00. The Bertz CT molecular complexity index is 118. The molecule has 60 valence electrons. The summed E-state index contributed by atoms with van der Waals surface area (Å²) in [5, 5.41) is 3.42. The first-order valence-corrected chi connectivity index (χ1v) is 4.01. The topological polar surface area (TPSA) is 38.0 Å². The Morgan fingerprint density at radius 1 is 1.70 bits per heavy atom. The van der Waals surface area contributed by atoms with Gasteiger partial charge in [0, 0.05) is 18.6 Å². The highest BCUT2D eigenvalue weighted by Crippen LogP contribution is 2.44. The molecule has 2 heteroatoms. The van der Waals surface area contributed by atoms with Gasteiger partial charge in [-0.15, -0.1) is 0 Å². The summed E-state index contributed by atoms with van der Waals surface area (Å²) in [5.74, 6) is 0. The lowest BCUT2D eigenvalue weighted by molar-refractivity contribution is 0.521. The molecule has 2 unspecified atom stereocenters. The van der Waals surface area contributed by atoms with Gasteiger partial charge in [-0.25, -0.2) is 0 Å². The van der Waals surface area contributed by atoms with Crippen LogP contribution in [0.15, 0.2) is 0 Å². The molecule has 0 heterocycles. The van der Waals surface area contributed by atoms with Crippen molar-refractivity contribution in [1.29, 1.82) is 0 Å². The molecule has 1 aliphatic rings. The van der Waals surface area contributed by atoms with Gasteiger partial charge in [0.25, 0.3) is 0 Å². The van der Waals surface area contributed by atoms with Crippen LogP contribution in [0.25, 0.3) is 0 Å². The first-order chi connectivity index (χ1) is 4.52. The van der Waals surface area contributed by atoms with E-state index in [1.165, 1.54) is 6.42 Å². The van der Waals surface area contributed by atoms with Gasteiger partial charge in [0.05, 0.1) is 0 Å². The van der Waals surface area contributed by atoms with E-state index in [4.69, 9.17) is 5.73 Å². The van der Waals surface area contributed by atoms with Crippen LogP contribution in [-0.2, 0) is 0 Å². The summed E-state index contributed by atoms with van der Waals surface area (Å²) >= 11 is 0. The van der Waals surface area contributed by atoms with Crippen molar-refractivity contribution in [1.82, 2.24) is 5.32 Å². The summed E-state index contributed by atoms with van der Waals surface area (Å²) in [6.45, 7) is 7.55. The van der Waals surface area contributed by atoms with E-state index in [9.17, 15) is 0 Å². The zero-order valence-corrected chi connectivity index (χ0v) is 7.15.